The molecule has 0 radical (unpaired) electrons. The maximum Gasteiger partial charge on any atom is 0.280 e. The summed E-state index contributed by atoms with van der Waals surface area (Å²) in [7, 11) is 0. The van der Waals surface area contributed by atoms with Gasteiger partial charge >= 0.3 is 0 Å². The Hall–Kier alpha value is -2.56. The largest absolute Gasteiger partial charge is 0.312 e. The van der Waals surface area contributed by atoms with E-state index in [0.29, 0.717) is 17.4 Å². The Morgan fingerprint density at radius 1 is 1.14 bits per heavy atom. The number of aromatic nitrogens is 3. The minimum absolute atomic E-state index is 0.0695. The molecule has 0 aliphatic heterocycles. The molecule has 22 heavy (non-hydrogen) atoms. The molecule has 114 valence electrons. The Morgan fingerprint density at radius 3 is 2.55 bits per heavy atom. The van der Waals surface area contributed by atoms with Crippen LogP contribution < -0.4 is 11.1 Å². The van der Waals surface area contributed by atoms with Crippen molar-refractivity contribution in [2.75, 3.05) is 0 Å². The summed E-state index contributed by atoms with van der Waals surface area (Å²) in [5.41, 5.74) is 1.88. The highest BCUT2D eigenvalue weighted by atomic mass is 16.1. The van der Waals surface area contributed by atoms with Crippen molar-refractivity contribution in [3.05, 3.63) is 62.8 Å². The maximum atomic E-state index is 12.7. The first-order chi connectivity index (χ1) is 10.6. The zero-order chi connectivity index (χ0) is 15.7. The molecule has 2 aromatic heterocycles. The topological polar surface area (TPSA) is 59.8 Å². The van der Waals surface area contributed by atoms with Crippen molar-refractivity contribution in [2.45, 2.75) is 33.2 Å². The number of para-hydroxylation sites is 1. The van der Waals surface area contributed by atoms with Crippen LogP contribution in [-0.2, 0) is 6.54 Å². The molecule has 0 aliphatic rings. The molecule has 2 heterocycles. The number of pyridine rings is 1. The van der Waals surface area contributed by atoms with Gasteiger partial charge in [-0.2, -0.15) is 0 Å². The standard InChI is InChI=1S/C17H19N3O2/c1-3-4-10-19-12(2)16-14(11-15(19)21)18-20(17(16)22)13-8-6-5-7-9-13/h5-9,11,18H,3-4,10H2,1-2H3. The van der Waals surface area contributed by atoms with Gasteiger partial charge in [-0.15, -0.1) is 0 Å². The lowest BCUT2D eigenvalue weighted by Gasteiger charge is -2.08. The number of hydrogen-bond donors (Lipinski definition) is 1. The minimum atomic E-state index is -0.121. The summed E-state index contributed by atoms with van der Waals surface area (Å²) < 4.78 is 3.18. The van der Waals surface area contributed by atoms with Gasteiger partial charge in [0.05, 0.1) is 16.6 Å². The first-order valence-corrected chi connectivity index (χ1v) is 7.54. The summed E-state index contributed by atoms with van der Waals surface area (Å²) in [6.07, 6.45) is 1.93. The average molecular weight is 297 g/mol. The second-order valence-electron chi connectivity index (χ2n) is 5.45. The van der Waals surface area contributed by atoms with E-state index in [0.717, 1.165) is 24.2 Å². The van der Waals surface area contributed by atoms with E-state index in [-0.39, 0.29) is 11.1 Å². The summed E-state index contributed by atoms with van der Waals surface area (Å²) in [4.78, 5) is 25.0. The number of aromatic amines is 1. The first-order valence-electron chi connectivity index (χ1n) is 7.54. The highest BCUT2D eigenvalue weighted by Crippen LogP contribution is 2.13. The van der Waals surface area contributed by atoms with Crippen molar-refractivity contribution in [3.63, 3.8) is 0 Å². The average Bonchev–Trinajstić information content (AvgIpc) is 2.85. The molecule has 0 saturated carbocycles. The van der Waals surface area contributed by atoms with Crippen molar-refractivity contribution in [3.8, 4) is 5.69 Å². The third kappa shape index (κ3) is 2.28. The molecule has 0 aliphatic carbocycles. The molecule has 3 aromatic rings. The van der Waals surface area contributed by atoms with Crippen molar-refractivity contribution in [2.24, 2.45) is 0 Å². The van der Waals surface area contributed by atoms with E-state index in [1.807, 2.05) is 37.3 Å². The summed E-state index contributed by atoms with van der Waals surface area (Å²) >= 11 is 0. The number of benzene rings is 1. The number of nitrogens with zero attached hydrogens (tertiary/aromatic N) is 2. The van der Waals surface area contributed by atoms with Gasteiger partial charge in [-0.05, 0) is 25.5 Å². The lowest BCUT2D eigenvalue weighted by Crippen LogP contribution is -2.23. The Balaban J connectivity index is 2.25. The first kappa shape index (κ1) is 14.4. The van der Waals surface area contributed by atoms with Crippen molar-refractivity contribution >= 4 is 10.9 Å². The van der Waals surface area contributed by atoms with Crippen LogP contribution in [0.15, 0.2) is 46.0 Å². The van der Waals surface area contributed by atoms with Gasteiger partial charge in [0.25, 0.3) is 11.1 Å². The van der Waals surface area contributed by atoms with E-state index in [2.05, 4.69) is 12.0 Å². The van der Waals surface area contributed by atoms with Gasteiger partial charge in [-0.1, -0.05) is 31.5 Å². The number of hydrogen-bond acceptors (Lipinski definition) is 2. The van der Waals surface area contributed by atoms with E-state index >= 15 is 0 Å². The van der Waals surface area contributed by atoms with Crippen LogP contribution in [0.5, 0.6) is 0 Å². The lowest BCUT2D eigenvalue weighted by molar-refractivity contribution is 0.603. The van der Waals surface area contributed by atoms with Gasteiger partial charge in [0.2, 0.25) is 0 Å². The van der Waals surface area contributed by atoms with Crippen molar-refractivity contribution in [1.82, 2.24) is 14.3 Å². The van der Waals surface area contributed by atoms with E-state index in [4.69, 9.17) is 0 Å². The zero-order valence-electron chi connectivity index (χ0n) is 12.8. The molecule has 1 N–H and O–H groups in total. The van der Waals surface area contributed by atoms with E-state index in [1.165, 1.54) is 10.7 Å². The third-order valence-corrected chi connectivity index (χ3v) is 3.97. The fourth-order valence-corrected chi connectivity index (χ4v) is 2.76. The van der Waals surface area contributed by atoms with E-state index in [9.17, 15) is 9.59 Å². The predicted octanol–water partition coefficient (Wildman–Crippen LogP) is 2.59. The molecule has 0 fully saturated rings. The summed E-state index contributed by atoms with van der Waals surface area (Å²) in [5.74, 6) is 0. The van der Waals surface area contributed by atoms with Crippen molar-refractivity contribution < 1.29 is 0 Å². The van der Waals surface area contributed by atoms with Crippen LogP contribution in [-0.4, -0.2) is 14.3 Å². The normalized spacial score (nSPS) is 11.2. The molecule has 0 atom stereocenters. The number of rotatable bonds is 4. The summed E-state index contributed by atoms with van der Waals surface area (Å²) in [6, 6.07) is 10.9. The zero-order valence-corrected chi connectivity index (χ0v) is 12.8. The highest BCUT2D eigenvalue weighted by molar-refractivity contribution is 5.80. The fourth-order valence-electron chi connectivity index (χ4n) is 2.76. The second kappa shape index (κ2) is 5.67. The quantitative estimate of drug-likeness (QED) is 0.804. The monoisotopic (exact) mass is 297 g/mol. The maximum absolute atomic E-state index is 12.7. The van der Waals surface area contributed by atoms with Gasteiger partial charge in [-0.25, -0.2) is 4.68 Å². The summed E-state index contributed by atoms with van der Waals surface area (Å²) in [6.45, 7) is 4.56. The van der Waals surface area contributed by atoms with Crippen LogP contribution in [0.25, 0.3) is 16.6 Å². The molecular weight excluding hydrogens is 278 g/mol. The van der Waals surface area contributed by atoms with Gasteiger partial charge in [0.1, 0.15) is 0 Å². The molecular formula is C17H19N3O2. The van der Waals surface area contributed by atoms with Gasteiger partial charge in [-0.3, -0.25) is 14.7 Å². The molecule has 3 rings (SSSR count). The molecule has 5 nitrogen and oxygen atoms in total. The molecule has 0 saturated heterocycles. The molecule has 0 bridgehead atoms. The van der Waals surface area contributed by atoms with Crippen LogP contribution in [0.2, 0.25) is 0 Å². The highest BCUT2D eigenvalue weighted by Gasteiger charge is 2.14. The number of H-pyrrole nitrogens is 1. The van der Waals surface area contributed by atoms with E-state index < -0.39 is 0 Å². The number of nitrogens with one attached hydrogen (secondary N) is 1. The van der Waals surface area contributed by atoms with Gasteiger partial charge in [0, 0.05) is 18.3 Å². The van der Waals surface area contributed by atoms with Crippen LogP contribution in [0.3, 0.4) is 0 Å². The number of fused-ring (bicyclic) bond motifs is 1. The Labute approximate surface area is 127 Å². The van der Waals surface area contributed by atoms with Gasteiger partial charge in [0.15, 0.2) is 0 Å². The van der Waals surface area contributed by atoms with E-state index in [1.54, 1.807) is 4.57 Å². The molecule has 5 heteroatoms. The van der Waals surface area contributed by atoms with Crippen LogP contribution in [0.1, 0.15) is 25.5 Å². The predicted molar refractivity (Wildman–Crippen MR) is 87.8 cm³/mol. The Bertz CT molecular complexity index is 917. The fraction of sp³-hybridized carbons (Fsp3) is 0.294. The smallest absolute Gasteiger partial charge is 0.280 e. The number of aryl methyl sites for hydroxylation is 1. The lowest BCUT2D eigenvalue weighted by atomic mass is 10.2. The third-order valence-electron chi connectivity index (χ3n) is 3.97. The molecule has 0 spiro atoms. The minimum Gasteiger partial charge on any atom is -0.312 e. The Morgan fingerprint density at radius 2 is 1.86 bits per heavy atom. The SMILES string of the molecule is CCCCn1c(C)c2c(=O)n(-c3ccccc3)[nH]c2cc1=O. The number of unbranched alkanes of at least 4 members (excludes halogenated alkanes) is 1. The van der Waals surface area contributed by atoms with Crippen LogP contribution >= 0.6 is 0 Å². The van der Waals surface area contributed by atoms with Gasteiger partial charge < -0.3 is 4.57 Å². The van der Waals surface area contributed by atoms with Crippen LogP contribution in [0, 0.1) is 6.92 Å². The summed E-state index contributed by atoms with van der Waals surface area (Å²) in [5, 5.41) is 3.62. The van der Waals surface area contributed by atoms with Crippen LogP contribution in [0.4, 0.5) is 0 Å². The second-order valence-corrected chi connectivity index (χ2v) is 5.45. The molecule has 1 aromatic carbocycles. The Kier molecular flexibility index (Phi) is 3.71. The molecule has 0 unspecified atom stereocenters. The van der Waals surface area contributed by atoms with Crippen molar-refractivity contribution in [1.29, 1.82) is 0 Å². The molecule has 0 amide bonds.